The van der Waals surface area contributed by atoms with Crippen molar-refractivity contribution >= 4 is 0 Å². The fraction of sp³-hybridized carbons (Fsp3) is 0.500. The lowest BCUT2D eigenvalue weighted by atomic mass is 10.1. The summed E-state index contributed by atoms with van der Waals surface area (Å²) in [4.78, 5) is 10.6. The Kier molecular flexibility index (Phi) is 3.94. The molecule has 0 radical (unpaired) electrons. The van der Waals surface area contributed by atoms with Crippen molar-refractivity contribution in [1.82, 2.24) is 14.9 Å². The van der Waals surface area contributed by atoms with Crippen molar-refractivity contribution < 1.29 is 14.2 Å². The Balaban J connectivity index is 1.61. The van der Waals surface area contributed by atoms with E-state index in [0.29, 0.717) is 6.79 Å². The van der Waals surface area contributed by atoms with Crippen molar-refractivity contribution in [2.45, 2.75) is 39.0 Å². The number of para-hydroxylation sites is 1. The molecule has 128 valence electrons. The van der Waals surface area contributed by atoms with Crippen LogP contribution in [0.4, 0.5) is 0 Å². The zero-order valence-corrected chi connectivity index (χ0v) is 14.3. The number of aromatic amines is 1. The summed E-state index contributed by atoms with van der Waals surface area (Å²) in [5.41, 5.74) is 3.33. The van der Waals surface area contributed by atoms with E-state index in [-0.39, 0.29) is 12.1 Å². The SMILES string of the molecule is CO[C@@H]1C[C@@H](c2nc(C)c(C)[nH]2)N(Cc2cccc3c2OCO3)C1. The molecule has 0 spiro atoms. The number of ether oxygens (including phenoxy) is 3. The van der Waals surface area contributed by atoms with E-state index in [4.69, 9.17) is 19.2 Å². The standard InChI is InChI=1S/C18H23N3O3/c1-11-12(2)20-18(19-11)15-7-14(22-3)9-21(15)8-13-5-4-6-16-17(13)24-10-23-16/h4-6,14-15H,7-10H2,1-3H3,(H,19,20)/t14-,15+/m1/s1. The number of hydrogen-bond acceptors (Lipinski definition) is 5. The van der Waals surface area contributed by atoms with Crippen LogP contribution in [0.25, 0.3) is 0 Å². The third-order valence-electron chi connectivity index (χ3n) is 5.01. The highest BCUT2D eigenvalue weighted by Crippen LogP contribution is 2.39. The van der Waals surface area contributed by atoms with Crippen LogP contribution < -0.4 is 9.47 Å². The second-order valence-electron chi connectivity index (χ2n) is 6.52. The summed E-state index contributed by atoms with van der Waals surface area (Å²) < 4.78 is 16.8. The fourth-order valence-electron chi connectivity index (χ4n) is 3.56. The van der Waals surface area contributed by atoms with Gasteiger partial charge in [0.25, 0.3) is 0 Å². The molecule has 24 heavy (non-hydrogen) atoms. The Hall–Kier alpha value is -2.05. The zero-order chi connectivity index (χ0) is 16.7. The summed E-state index contributed by atoms with van der Waals surface area (Å²) in [6, 6.07) is 6.29. The van der Waals surface area contributed by atoms with E-state index in [9.17, 15) is 0 Å². The van der Waals surface area contributed by atoms with Gasteiger partial charge in [-0.25, -0.2) is 4.98 Å². The number of nitrogens with zero attached hydrogens (tertiary/aromatic N) is 2. The van der Waals surface area contributed by atoms with Crippen molar-refractivity contribution in [3.8, 4) is 11.5 Å². The van der Waals surface area contributed by atoms with Crippen molar-refractivity contribution in [3.63, 3.8) is 0 Å². The lowest BCUT2D eigenvalue weighted by Gasteiger charge is -2.23. The summed E-state index contributed by atoms with van der Waals surface area (Å²) >= 11 is 0. The second kappa shape index (κ2) is 6.11. The summed E-state index contributed by atoms with van der Waals surface area (Å²) in [5.74, 6) is 2.72. The maximum absolute atomic E-state index is 5.65. The molecule has 6 heteroatoms. The number of aryl methyl sites for hydroxylation is 2. The average molecular weight is 329 g/mol. The molecular formula is C18H23N3O3. The molecule has 2 aliphatic rings. The van der Waals surface area contributed by atoms with Crippen LogP contribution in [-0.4, -0.2) is 41.4 Å². The van der Waals surface area contributed by atoms with Crippen LogP contribution in [0.1, 0.15) is 35.2 Å². The van der Waals surface area contributed by atoms with E-state index in [1.807, 2.05) is 19.1 Å². The molecule has 1 N–H and O–H groups in total. The first-order valence-corrected chi connectivity index (χ1v) is 8.33. The van der Waals surface area contributed by atoms with Gasteiger partial charge in [0.2, 0.25) is 6.79 Å². The van der Waals surface area contributed by atoms with E-state index in [1.165, 1.54) is 0 Å². The van der Waals surface area contributed by atoms with Crippen LogP contribution in [0.2, 0.25) is 0 Å². The Morgan fingerprint density at radius 3 is 2.96 bits per heavy atom. The number of H-pyrrole nitrogens is 1. The van der Waals surface area contributed by atoms with Crippen molar-refractivity contribution in [2.75, 3.05) is 20.4 Å². The maximum atomic E-state index is 5.65. The van der Waals surface area contributed by atoms with Gasteiger partial charge in [0.1, 0.15) is 5.82 Å². The van der Waals surface area contributed by atoms with Crippen LogP contribution in [0.15, 0.2) is 18.2 Å². The van der Waals surface area contributed by atoms with Crippen LogP contribution in [0.3, 0.4) is 0 Å². The third kappa shape index (κ3) is 2.65. The molecule has 1 saturated heterocycles. The highest BCUT2D eigenvalue weighted by molar-refractivity contribution is 5.48. The Morgan fingerprint density at radius 2 is 2.21 bits per heavy atom. The molecule has 1 fully saturated rings. The van der Waals surface area contributed by atoms with Crippen LogP contribution in [-0.2, 0) is 11.3 Å². The summed E-state index contributed by atoms with van der Waals surface area (Å²) in [5, 5.41) is 0. The van der Waals surface area contributed by atoms with Crippen LogP contribution >= 0.6 is 0 Å². The van der Waals surface area contributed by atoms with Gasteiger partial charge >= 0.3 is 0 Å². The van der Waals surface area contributed by atoms with Gasteiger partial charge in [-0.3, -0.25) is 4.90 Å². The largest absolute Gasteiger partial charge is 0.454 e. The Labute approximate surface area is 141 Å². The molecule has 6 nitrogen and oxygen atoms in total. The number of benzene rings is 1. The van der Waals surface area contributed by atoms with E-state index < -0.39 is 0 Å². The number of nitrogens with one attached hydrogen (secondary N) is 1. The molecule has 0 saturated carbocycles. The highest BCUT2D eigenvalue weighted by Gasteiger charge is 2.36. The van der Waals surface area contributed by atoms with Crippen LogP contribution in [0, 0.1) is 13.8 Å². The number of hydrogen-bond donors (Lipinski definition) is 1. The van der Waals surface area contributed by atoms with E-state index in [1.54, 1.807) is 7.11 Å². The minimum absolute atomic E-state index is 0.217. The topological polar surface area (TPSA) is 59.6 Å². The van der Waals surface area contributed by atoms with Gasteiger partial charge in [-0.2, -0.15) is 0 Å². The van der Waals surface area contributed by atoms with Gasteiger partial charge in [0, 0.05) is 31.5 Å². The minimum Gasteiger partial charge on any atom is -0.454 e. The Morgan fingerprint density at radius 1 is 1.33 bits per heavy atom. The zero-order valence-electron chi connectivity index (χ0n) is 14.3. The molecule has 0 amide bonds. The van der Waals surface area contributed by atoms with Crippen molar-refractivity contribution in [1.29, 1.82) is 0 Å². The predicted molar refractivity (Wildman–Crippen MR) is 89.2 cm³/mol. The normalized spacial score (nSPS) is 23.1. The quantitative estimate of drug-likeness (QED) is 0.934. The van der Waals surface area contributed by atoms with Crippen molar-refractivity contribution in [2.24, 2.45) is 0 Å². The van der Waals surface area contributed by atoms with Gasteiger partial charge in [-0.05, 0) is 26.3 Å². The number of fused-ring (bicyclic) bond motifs is 1. The smallest absolute Gasteiger partial charge is 0.231 e. The number of methoxy groups -OCH3 is 1. The highest BCUT2D eigenvalue weighted by atomic mass is 16.7. The number of likely N-dealkylation sites (tertiary alicyclic amines) is 1. The van der Waals surface area contributed by atoms with Gasteiger partial charge in [-0.15, -0.1) is 0 Å². The first-order chi connectivity index (χ1) is 11.7. The van der Waals surface area contributed by atoms with E-state index in [2.05, 4.69) is 22.9 Å². The first-order valence-electron chi connectivity index (χ1n) is 8.33. The van der Waals surface area contributed by atoms with Crippen LogP contribution in [0.5, 0.6) is 11.5 Å². The fourth-order valence-corrected chi connectivity index (χ4v) is 3.56. The predicted octanol–water partition coefficient (Wildman–Crippen LogP) is 2.72. The number of imidazole rings is 1. The molecular weight excluding hydrogens is 306 g/mol. The lowest BCUT2D eigenvalue weighted by Crippen LogP contribution is -2.25. The molecule has 0 bridgehead atoms. The number of aromatic nitrogens is 2. The molecule has 3 heterocycles. The van der Waals surface area contributed by atoms with Gasteiger partial charge in [0.15, 0.2) is 11.5 Å². The minimum atomic E-state index is 0.217. The monoisotopic (exact) mass is 329 g/mol. The molecule has 0 unspecified atom stereocenters. The molecule has 1 aromatic heterocycles. The maximum Gasteiger partial charge on any atom is 0.231 e. The lowest BCUT2D eigenvalue weighted by molar-refractivity contribution is 0.107. The van der Waals surface area contributed by atoms with Gasteiger partial charge in [-0.1, -0.05) is 12.1 Å². The second-order valence-corrected chi connectivity index (χ2v) is 6.52. The molecule has 1 aromatic carbocycles. The van der Waals surface area contributed by atoms with Gasteiger partial charge < -0.3 is 19.2 Å². The molecule has 2 atom stereocenters. The summed E-state index contributed by atoms with van der Waals surface area (Å²) in [6.07, 6.45) is 1.16. The van der Waals surface area contributed by atoms with E-state index in [0.717, 1.165) is 53.8 Å². The summed E-state index contributed by atoms with van der Waals surface area (Å²) in [7, 11) is 1.78. The summed E-state index contributed by atoms with van der Waals surface area (Å²) in [6.45, 7) is 6.07. The molecule has 2 aromatic rings. The molecule has 0 aliphatic carbocycles. The van der Waals surface area contributed by atoms with E-state index >= 15 is 0 Å². The Bertz CT molecular complexity index is 724. The number of rotatable bonds is 4. The van der Waals surface area contributed by atoms with Crippen molar-refractivity contribution in [3.05, 3.63) is 41.0 Å². The molecule has 4 rings (SSSR count). The van der Waals surface area contributed by atoms with Gasteiger partial charge in [0.05, 0.1) is 17.8 Å². The third-order valence-corrected chi connectivity index (χ3v) is 5.01. The molecule has 2 aliphatic heterocycles. The average Bonchev–Trinajstić information content (AvgIpc) is 3.27. The first kappa shape index (κ1) is 15.5.